The normalized spacial score (nSPS) is 46.1. The lowest BCUT2D eigenvalue weighted by Crippen LogP contribution is -2.51. The maximum Gasteiger partial charge on any atom is 0.312 e. The summed E-state index contributed by atoms with van der Waals surface area (Å²) in [5.41, 5.74) is 1.32. The van der Waals surface area contributed by atoms with Crippen molar-refractivity contribution in [3.05, 3.63) is 10.5 Å². The Labute approximate surface area is 142 Å². The smallest absolute Gasteiger partial charge is 0.312 e. The van der Waals surface area contributed by atoms with Crippen molar-refractivity contribution >= 4 is 23.5 Å². The summed E-state index contributed by atoms with van der Waals surface area (Å²) in [5, 5.41) is 0. The van der Waals surface area contributed by atoms with Gasteiger partial charge in [-0.3, -0.25) is 9.59 Å². The highest BCUT2D eigenvalue weighted by Crippen LogP contribution is 2.64. The number of allylic oxidation sites excluding steroid dienone is 2. The van der Waals surface area contributed by atoms with E-state index in [9.17, 15) is 9.59 Å². The average Bonchev–Trinajstić information content (AvgIpc) is 2.83. The van der Waals surface area contributed by atoms with Gasteiger partial charge in [0.15, 0.2) is 5.78 Å². The fourth-order valence-corrected chi connectivity index (χ4v) is 7.03. The maximum absolute atomic E-state index is 12.3. The molecular formula is C19H26O3S. The van der Waals surface area contributed by atoms with Crippen LogP contribution >= 0.6 is 11.8 Å². The number of carbonyl (C=O) groups is 2. The first kappa shape index (κ1) is 15.7. The van der Waals surface area contributed by atoms with Crippen molar-refractivity contribution in [2.24, 2.45) is 28.6 Å². The van der Waals surface area contributed by atoms with Gasteiger partial charge in [-0.1, -0.05) is 6.92 Å². The van der Waals surface area contributed by atoms with E-state index in [0.717, 1.165) is 37.0 Å². The third-order valence-corrected chi connectivity index (χ3v) is 8.41. The van der Waals surface area contributed by atoms with Gasteiger partial charge in [0.2, 0.25) is 0 Å². The second-order valence-corrected chi connectivity index (χ2v) is 9.14. The largest absolute Gasteiger partial charge is 0.465 e. The van der Waals surface area contributed by atoms with Gasteiger partial charge in [0.1, 0.15) is 0 Å². The predicted molar refractivity (Wildman–Crippen MR) is 90.9 cm³/mol. The van der Waals surface area contributed by atoms with Gasteiger partial charge in [0.05, 0.1) is 12.0 Å². The zero-order valence-electron chi connectivity index (χ0n) is 14.3. The average molecular weight is 334 g/mol. The van der Waals surface area contributed by atoms with Crippen LogP contribution in [0.1, 0.15) is 52.4 Å². The molecule has 4 aliphatic rings. The summed E-state index contributed by atoms with van der Waals surface area (Å²) in [4.78, 5) is 25.6. The van der Waals surface area contributed by atoms with E-state index in [1.807, 2.05) is 6.26 Å². The van der Waals surface area contributed by atoms with E-state index in [1.54, 1.807) is 11.8 Å². The number of hydrogen-bond donors (Lipinski definition) is 0. The maximum atomic E-state index is 12.3. The Balaban J connectivity index is 1.73. The van der Waals surface area contributed by atoms with Crippen molar-refractivity contribution in [1.82, 2.24) is 0 Å². The van der Waals surface area contributed by atoms with E-state index >= 15 is 0 Å². The molecule has 0 amide bonds. The Kier molecular flexibility index (Phi) is 3.50. The van der Waals surface area contributed by atoms with Gasteiger partial charge in [-0.05, 0) is 68.1 Å². The fraction of sp³-hybridized carbons (Fsp3) is 0.789. The lowest BCUT2D eigenvalue weighted by molar-refractivity contribution is -0.148. The highest BCUT2D eigenvalue weighted by Gasteiger charge is 2.61. The molecule has 1 saturated heterocycles. The van der Waals surface area contributed by atoms with Gasteiger partial charge >= 0.3 is 5.97 Å². The van der Waals surface area contributed by atoms with E-state index in [4.69, 9.17) is 4.74 Å². The van der Waals surface area contributed by atoms with Crippen molar-refractivity contribution in [2.75, 3.05) is 12.9 Å². The summed E-state index contributed by atoms with van der Waals surface area (Å²) in [6, 6.07) is 0. The van der Waals surface area contributed by atoms with E-state index in [0.29, 0.717) is 36.6 Å². The molecule has 0 radical (unpaired) electrons. The van der Waals surface area contributed by atoms with E-state index in [1.165, 1.54) is 5.57 Å². The van der Waals surface area contributed by atoms with Gasteiger partial charge in [0, 0.05) is 17.2 Å². The Bertz CT molecular complexity index is 610. The Hall–Kier alpha value is -0.770. The number of ketones is 1. The van der Waals surface area contributed by atoms with Gasteiger partial charge in [0.25, 0.3) is 0 Å². The van der Waals surface area contributed by atoms with Crippen LogP contribution in [0.3, 0.4) is 0 Å². The first-order valence-corrected chi connectivity index (χ1v) is 10.1. The molecule has 0 aromatic rings. The third-order valence-electron chi connectivity index (χ3n) is 7.53. The second-order valence-electron chi connectivity index (χ2n) is 8.32. The molecule has 23 heavy (non-hydrogen) atoms. The van der Waals surface area contributed by atoms with Crippen molar-refractivity contribution in [2.45, 2.75) is 52.4 Å². The molecule has 3 fully saturated rings. The topological polar surface area (TPSA) is 43.4 Å². The summed E-state index contributed by atoms with van der Waals surface area (Å²) < 4.78 is 5.47. The number of Topliss-reactive ketones (excluding diaryl/α,β-unsaturated/α-hetero) is 1. The summed E-state index contributed by atoms with van der Waals surface area (Å²) in [6.45, 7) is 5.12. The van der Waals surface area contributed by atoms with Gasteiger partial charge in [-0.2, -0.15) is 0 Å². The monoisotopic (exact) mass is 334 g/mol. The molecule has 0 aromatic heterocycles. The van der Waals surface area contributed by atoms with Gasteiger partial charge in [-0.15, -0.1) is 11.8 Å². The molecule has 0 bridgehead atoms. The van der Waals surface area contributed by atoms with Crippen LogP contribution in [0, 0.1) is 28.6 Å². The number of thioether (sulfide) groups is 1. The summed E-state index contributed by atoms with van der Waals surface area (Å²) in [5.74, 6) is 1.93. The summed E-state index contributed by atoms with van der Waals surface area (Å²) >= 11 is 1.65. The Morgan fingerprint density at radius 1 is 1.04 bits per heavy atom. The van der Waals surface area contributed by atoms with Crippen molar-refractivity contribution < 1.29 is 14.3 Å². The molecule has 4 rings (SSSR count). The van der Waals surface area contributed by atoms with Crippen LogP contribution in [-0.4, -0.2) is 24.6 Å². The van der Waals surface area contributed by atoms with E-state index in [-0.39, 0.29) is 16.8 Å². The molecule has 2 saturated carbocycles. The first-order chi connectivity index (χ1) is 10.9. The second kappa shape index (κ2) is 5.11. The molecule has 0 N–H and O–H groups in total. The number of esters is 1. The molecule has 0 aromatic carbocycles. The third kappa shape index (κ3) is 1.96. The number of fused-ring (bicyclic) bond motifs is 5. The molecule has 0 unspecified atom stereocenters. The van der Waals surface area contributed by atoms with Crippen molar-refractivity contribution in [1.29, 1.82) is 0 Å². The summed E-state index contributed by atoms with van der Waals surface area (Å²) in [7, 11) is 0. The van der Waals surface area contributed by atoms with Crippen LogP contribution in [0.5, 0.6) is 0 Å². The quantitative estimate of drug-likeness (QED) is 0.681. The van der Waals surface area contributed by atoms with Gasteiger partial charge < -0.3 is 4.74 Å². The minimum Gasteiger partial charge on any atom is -0.465 e. The highest BCUT2D eigenvalue weighted by atomic mass is 32.2. The van der Waals surface area contributed by atoms with Crippen LogP contribution in [0.15, 0.2) is 10.5 Å². The van der Waals surface area contributed by atoms with Crippen LogP contribution in [0.4, 0.5) is 0 Å². The zero-order chi connectivity index (χ0) is 16.4. The molecule has 126 valence electrons. The zero-order valence-corrected chi connectivity index (χ0v) is 15.1. The molecule has 5 atom stereocenters. The van der Waals surface area contributed by atoms with Crippen LogP contribution in [-0.2, 0) is 14.3 Å². The minimum absolute atomic E-state index is 0.0241. The molecule has 4 heteroatoms. The summed E-state index contributed by atoms with van der Waals surface area (Å²) in [6.07, 6.45) is 7.91. The van der Waals surface area contributed by atoms with Crippen molar-refractivity contribution in [3.63, 3.8) is 0 Å². The Morgan fingerprint density at radius 2 is 1.83 bits per heavy atom. The van der Waals surface area contributed by atoms with Crippen molar-refractivity contribution in [3.8, 4) is 0 Å². The van der Waals surface area contributed by atoms with Crippen LogP contribution in [0.25, 0.3) is 0 Å². The van der Waals surface area contributed by atoms with E-state index < -0.39 is 0 Å². The van der Waals surface area contributed by atoms with E-state index in [2.05, 4.69) is 13.8 Å². The SMILES string of the molecule is CSC1=C2CC[C@@H]3[C@@H](CC[C@]4(C)C(=O)OC[C@@H]34)[C@@]2(C)CCC1=O. The molecule has 3 aliphatic carbocycles. The fourth-order valence-electron chi connectivity index (χ4n) is 6.11. The molecule has 1 aliphatic heterocycles. The van der Waals surface area contributed by atoms with Gasteiger partial charge in [-0.25, -0.2) is 0 Å². The lowest BCUT2D eigenvalue weighted by Gasteiger charge is -2.56. The lowest BCUT2D eigenvalue weighted by atomic mass is 9.47. The number of ether oxygens (including phenoxy) is 1. The minimum atomic E-state index is -0.258. The number of cyclic esters (lactones) is 1. The van der Waals surface area contributed by atoms with Crippen LogP contribution < -0.4 is 0 Å². The first-order valence-electron chi connectivity index (χ1n) is 8.90. The van der Waals surface area contributed by atoms with Crippen LogP contribution in [0.2, 0.25) is 0 Å². The molecule has 3 nitrogen and oxygen atoms in total. The number of carbonyl (C=O) groups excluding carboxylic acids is 2. The molecular weight excluding hydrogens is 308 g/mol. The number of hydrogen-bond acceptors (Lipinski definition) is 4. The molecule has 1 heterocycles. The Morgan fingerprint density at radius 3 is 2.57 bits per heavy atom. The number of rotatable bonds is 1. The standard InChI is InChI=1S/C19H26O3S/c1-18-9-7-15(20)16(23-3)13(18)5-4-11-12(18)6-8-19(2)14(11)10-22-17(19)21/h11-12,14H,4-10H2,1-3H3/t11-,12-,14+,18-,19+/m1/s1. The highest BCUT2D eigenvalue weighted by molar-refractivity contribution is 8.03. The predicted octanol–water partition coefficient (Wildman–Crippen LogP) is 3.97. The molecule has 0 spiro atoms.